The maximum absolute atomic E-state index is 12.0. The fraction of sp³-hybridized carbons (Fsp3) is 0.300. The summed E-state index contributed by atoms with van der Waals surface area (Å²) in [6, 6.07) is 3.72. The summed E-state index contributed by atoms with van der Waals surface area (Å²) in [7, 11) is 0. The Balaban J connectivity index is 2.90. The molecule has 0 aliphatic carbocycles. The van der Waals surface area contributed by atoms with E-state index in [-0.39, 0.29) is 22.4 Å². The Bertz CT molecular complexity index is 419. The van der Waals surface area contributed by atoms with Crippen LogP contribution in [0.4, 0.5) is 13.2 Å². The van der Waals surface area contributed by atoms with Gasteiger partial charge in [-0.2, -0.15) is 0 Å². The van der Waals surface area contributed by atoms with Gasteiger partial charge in [0, 0.05) is 17.3 Å². The van der Waals surface area contributed by atoms with Crippen LogP contribution in [0.15, 0.2) is 22.7 Å². The van der Waals surface area contributed by atoms with Gasteiger partial charge in [-0.05, 0) is 34.1 Å². The summed E-state index contributed by atoms with van der Waals surface area (Å²) in [6.45, 7) is 0. The number of carbonyl (C=O) groups is 1. The van der Waals surface area contributed by atoms with E-state index in [0.29, 0.717) is 10.9 Å². The average molecular weight is 376 g/mol. The van der Waals surface area contributed by atoms with Gasteiger partial charge in [0.1, 0.15) is 5.75 Å². The third-order valence-corrected chi connectivity index (χ3v) is 2.82. The highest BCUT2D eigenvalue weighted by molar-refractivity contribution is 9.10. The van der Waals surface area contributed by atoms with Crippen molar-refractivity contribution in [2.75, 3.05) is 5.33 Å². The first-order valence-corrected chi connectivity index (χ1v) is 6.39. The van der Waals surface area contributed by atoms with Crippen LogP contribution in [-0.4, -0.2) is 17.5 Å². The molecule has 0 saturated heterocycles. The Hall–Kier alpha value is -0.560. The van der Waals surface area contributed by atoms with E-state index in [9.17, 15) is 18.0 Å². The summed E-state index contributed by atoms with van der Waals surface area (Å²) in [5.41, 5.74) is 0.339. The number of ketones is 1. The van der Waals surface area contributed by atoms with E-state index in [4.69, 9.17) is 0 Å². The van der Waals surface area contributed by atoms with Crippen molar-refractivity contribution in [1.29, 1.82) is 0 Å². The number of Topliss-reactive ketones (excluding diaryl/α,β-unsaturated/α-hetero) is 1. The molecule has 0 saturated carbocycles. The molecule has 0 spiro atoms. The number of benzene rings is 1. The van der Waals surface area contributed by atoms with Crippen LogP contribution in [0.5, 0.6) is 5.75 Å². The Morgan fingerprint density at radius 3 is 2.47 bits per heavy atom. The van der Waals surface area contributed by atoms with Gasteiger partial charge in [-0.25, -0.2) is 0 Å². The lowest BCUT2D eigenvalue weighted by molar-refractivity contribution is -0.274. The van der Waals surface area contributed by atoms with Gasteiger partial charge in [-0.3, -0.25) is 4.79 Å². The highest BCUT2D eigenvalue weighted by Crippen LogP contribution is 2.31. The molecule has 0 aliphatic rings. The van der Waals surface area contributed by atoms with E-state index in [1.807, 2.05) is 0 Å². The Morgan fingerprint density at radius 2 is 2.00 bits per heavy atom. The van der Waals surface area contributed by atoms with Crippen LogP contribution in [0.25, 0.3) is 0 Å². The van der Waals surface area contributed by atoms with Gasteiger partial charge >= 0.3 is 6.36 Å². The minimum atomic E-state index is -4.75. The summed E-state index contributed by atoms with van der Waals surface area (Å²) < 4.78 is 39.8. The predicted octanol–water partition coefficient (Wildman–Crippen LogP) is 4.32. The predicted molar refractivity (Wildman–Crippen MR) is 63.6 cm³/mol. The largest absolute Gasteiger partial charge is 0.573 e. The molecule has 0 amide bonds. The highest BCUT2D eigenvalue weighted by Gasteiger charge is 2.32. The van der Waals surface area contributed by atoms with E-state index in [0.717, 1.165) is 6.07 Å². The second kappa shape index (κ2) is 5.86. The first-order chi connectivity index (χ1) is 7.83. The van der Waals surface area contributed by atoms with E-state index in [1.54, 1.807) is 0 Å². The van der Waals surface area contributed by atoms with Crippen LogP contribution in [0.1, 0.15) is 16.8 Å². The van der Waals surface area contributed by atoms with Crippen molar-refractivity contribution in [2.24, 2.45) is 0 Å². The lowest BCUT2D eigenvalue weighted by atomic mass is 10.1. The molecule has 0 heterocycles. The van der Waals surface area contributed by atoms with Crippen molar-refractivity contribution in [1.82, 2.24) is 0 Å². The SMILES string of the molecule is O=C(CCBr)c1ccc(OC(F)(F)F)c(Br)c1. The Kier molecular flexibility index (Phi) is 5.00. The minimum Gasteiger partial charge on any atom is -0.405 e. The molecule has 0 atom stereocenters. The minimum absolute atomic E-state index is 0.0928. The normalized spacial score (nSPS) is 11.4. The Morgan fingerprint density at radius 1 is 1.35 bits per heavy atom. The zero-order chi connectivity index (χ0) is 13.1. The van der Waals surface area contributed by atoms with Gasteiger partial charge in [-0.15, -0.1) is 13.2 Å². The maximum atomic E-state index is 12.0. The van der Waals surface area contributed by atoms with Gasteiger partial charge in [-0.1, -0.05) is 15.9 Å². The third-order valence-electron chi connectivity index (χ3n) is 1.80. The monoisotopic (exact) mass is 374 g/mol. The lowest BCUT2D eigenvalue weighted by Gasteiger charge is -2.11. The van der Waals surface area contributed by atoms with Gasteiger partial charge in [0.05, 0.1) is 4.47 Å². The number of halogens is 5. The quantitative estimate of drug-likeness (QED) is 0.578. The third kappa shape index (κ3) is 4.67. The number of hydrogen-bond acceptors (Lipinski definition) is 2. The van der Waals surface area contributed by atoms with Crippen LogP contribution >= 0.6 is 31.9 Å². The number of alkyl halides is 4. The highest BCUT2D eigenvalue weighted by atomic mass is 79.9. The molecule has 1 aromatic carbocycles. The standard InChI is InChI=1S/C10H7Br2F3O2/c11-4-3-8(16)6-1-2-9(7(12)5-6)17-10(13,14)15/h1-2,5H,3-4H2. The summed E-state index contributed by atoms with van der Waals surface area (Å²) in [6.07, 6.45) is -4.46. The molecule has 17 heavy (non-hydrogen) atoms. The van der Waals surface area contributed by atoms with Crippen molar-refractivity contribution < 1.29 is 22.7 Å². The van der Waals surface area contributed by atoms with Crippen LogP contribution in [-0.2, 0) is 0 Å². The number of carbonyl (C=O) groups excluding carboxylic acids is 1. The second-order valence-corrected chi connectivity index (χ2v) is 4.70. The van der Waals surface area contributed by atoms with Gasteiger partial charge in [0.2, 0.25) is 0 Å². The van der Waals surface area contributed by atoms with Crippen LogP contribution in [0.3, 0.4) is 0 Å². The molecular weight excluding hydrogens is 369 g/mol. The molecule has 0 aromatic heterocycles. The van der Waals surface area contributed by atoms with Crippen molar-refractivity contribution in [3.63, 3.8) is 0 Å². The summed E-state index contributed by atoms with van der Waals surface area (Å²) >= 11 is 6.04. The topological polar surface area (TPSA) is 26.3 Å². The average Bonchev–Trinajstić information content (AvgIpc) is 2.19. The first kappa shape index (κ1) is 14.5. The van der Waals surface area contributed by atoms with Gasteiger partial charge < -0.3 is 4.74 Å². The lowest BCUT2D eigenvalue weighted by Crippen LogP contribution is -2.17. The smallest absolute Gasteiger partial charge is 0.405 e. The molecule has 0 unspecified atom stereocenters. The molecule has 0 aliphatic heterocycles. The van der Waals surface area contributed by atoms with Crippen LogP contribution in [0, 0.1) is 0 Å². The molecule has 0 fully saturated rings. The number of hydrogen-bond donors (Lipinski definition) is 0. The molecule has 1 rings (SSSR count). The number of ether oxygens (including phenoxy) is 1. The molecular formula is C10H7Br2F3O2. The molecule has 2 nitrogen and oxygen atoms in total. The maximum Gasteiger partial charge on any atom is 0.573 e. The summed E-state index contributed by atoms with van der Waals surface area (Å²) in [5.74, 6) is -0.519. The van der Waals surface area contributed by atoms with Crippen molar-refractivity contribution in [3.8, 4) is 5.75 Å². The fourth-order valence-electron chi connectivity index (χ4n) is 1.11. The summed E-state index contributed by atoms with van der Waals surface area (Å²) in [4.78, 5) is 11.5. The molecule has 7 heteroatoms. The zero-order valence-electron chi connectivity index (χ0n) is 8.35. The second-order valence-electron chi connectivity index (χ2n) is 3.06. The van der Waals surface area contributed by atoms with Crippen molar-refractivity contribution in [3.05, 3.63) is 28.2 Å². The van der Waals surface area contributed by atoms with E-state index >= 15 is 0 Å². The van der Waals surface area contributed by atoms with Crippen molar-refractivity contribution in [2.45, 2.75) is 12.8 Å². The molecule has 0 N–H and O–H groups in total. The van der Waals surface area contributed by atoms with E-state index in [2.05, 4.69) is 36.6 Å². The first-order valence-electron chi connectivity index (χ1n) is 4.48. The van der Waals surface area contributed by atoms with Crippen LogP contribution in [0.2, 0.25) is 0 Å². The van der Waals surface area contributed by atoms with Crippen LogP contribution < -0.4 is 4.74 Å². The van der Waals surface area contributed by atoms with Gasteiger partial charge in [0.25, 0.3) is 0 Å². The van der Waals surface area contributed by atoms with E-state index < -0.39 is 6.36 Å². The molecule has 0 radical (unpaired) electrons. The van der Waals surface area contributed by atoms with E-state index in [1.165, 1.54) is 12.1 Å². The molecule has 94 valence electrons. The summed E-state index contributed by atoms with van der Waals surface area (Å²) in [5, 5.41) is 0.504. The molecule has 0 bridgehead atoms. The number of rotatable bonds is 4. The molecule has 1 aromatic rings. The fourth-order valence-corrected chi connectivity index (χ4v) is 1.93. The van der Waals surface area contributed by atoms with Gasteiger partial charge in [0.15, 0.2) is 5.78 Å². The van der Waals surface area contributed by atoms with Crippen molar-refractivity contribution >= 4 is 37.6 Å². The Labute approximate surface area is 112 Å². The zero-order valence-corrected chi connectivity index (χ0v) is 11.5.